The molecule has 2 heterocycles. The second kappa shape index (κ2) is 12.4. The van der Waals surface area contributed by atoms with Crippen molar-refractivity contribution in [3.8, 4) is 33.4 Å². The van der Waals surface area contributed by atoms with Crippen molar-refractivity contribution in [2.24, 2.45) is 0 Å². The van der Waals surface area contributed by atoms with Crippen LogP contribution in [0.5, 0.6) is 0 Å². The van der Waals surface area contributed by atoms with E-state index in [4.69, 9.17) is 0 Å². The molecule has 10 rings (SSSR count). The second-order valence-corrected chi connectivity index (χ2v) is 15.0. The van der Waals surface area contributed by atoms with Crippen molar-refractivity contribution in [2.45, 2.75) is 0 Å². The quantitative estimate of drug-likeness (QED) is 0.168. The molecule has 8 aromatic carbocycles. The number of hydrogen-bond acceptors (Lipinski definition) is 3. The maximum Gasteiger partial charge on any atom is 0.0476 e. The largest absolute Gasteiger partial charge is 0.310 e. The van der Waals surface area contributed by atoms with Crippen LogP contribution in [0.15, 0.2) is 188 Å². The van der Waals surface area contributed by atoms with E-state index in [-0.39, 0.29) is 0 Å². The predicted octanol–water partition coefficient (Wildman–Crippen LogP) is 14.9. The van der Waals surface area contributed by atoms with Crippen molar-refractivity contribution in [2.75, 3.05) is 4.90 Å². The molecular weight excluding hydrogens is 655 g/mol. The topological polar surface area (TPSA) is 3.24 Å². The molecule has 2 aromatic heterocycles. The SMILES string of the molecule is c1ccc(-c2ccc(N(c3ccc(-c4ccccc4)c(-c4cccc5c4sc4ccccc45)c3)c3ccc4c(c3)sc3ccccc34)cc2)cc1. The number of anilines is 3. The molecule has 0 amide bonds. The predicted molar refractivity (Wildman–Crippen MR) is 223 cm³/mol. The highest BCUT2D eigenvalue weighted by Gasteiger charge is 2.20. The van der Waals surface area contributed by atoms with E-state index in [1.165, 1.54) is 73.7 Å². The molecule has 1 nitrogen and oxygen atoms in total. The summed E-state index contributed by atoms with van der Waals surface area (Å²) in [6, 6.07) is 68.6. The van der Waals surface area contributed by atoms with Crippen LogP contribution < -0.4 is 4.90 Å². The molecule has 0 saturated heterocycles. The fourth-order valence-corrected chi connectivity index (χ4v) is 9.83. The Bertz CT molecular complexity index is 2850. The third-order valence-corrected chi connectivity index (χ3v) is 12.2. The van der Waals surface area contributed by atoms with Crippen LogP contribution in [-0.2, 0) is 0 Å². The van der Waals surface area contributed by atoms with Gasteiger partial charge in [0.2, 0.25) is 0 Å². The van der Waals surface area contributed by atoms with Crippen LogP contribution in [0.2, 0.25) is 0 Å². The Morgan fingerprint density at radius 3 is 1.61 bits per heavy atom. The third kappa shape index (κ3) is 5.21. The van der Waals surface area contributed by atoms with Crippen molar-refractivity contribution in [1.29, 1.82) is 0 Å². The van der Waals surface area contributed by atoms with E-state index in [1.807, 2.05) is 22.7 Å². The summed E-state index contributed by atoms with van der Waals surface area (Å²) in [6.07, 6.45) is 0. The first-order chi connectivity index (χ1) is 25.3. The lowest BCUT2D eigenvalue weighted by Gasteiger charge is -2.27. The highest BCUT2D eigenvalue weighted by molar-refractivity contribution is 7.26. The van der Waals surface area contributed by atoms with Gasteiger partial charge in [-0.1, -0.05) is 140 Å². The second-order valence-electron chi connectivity index (χ2n) is 12.9. The van der Waals surface area contributed by atoms with E-state index < -0.39 is 0 Å². The molecule has 0 aliphatic heterocycles. The van der Waals surface area contributed by atoms with E-state index in [9.17, 15) is 0 Å². The highest BCUT2D eigenvalue weighted by Crippen LogP contribution is 2.46. The zero-order chi connectivity index (χ0) is 33.7. The molecule has 0 saturated carbocycles. The standard InChI is InChI=1S/C48H31NS2/c1-3-12-32(13-4-1)33-22-24-35(25-23-33)49(37-27-29-41-39-16-7-9-20-45(39)50-47(41)31-37)36-26-28-38(34-14-5-2-6-15-34)44(30-36)43-19-11-18-42-40-17-8-10-21-46(40)51-48(42)43/h1-31H. The Morgan fingerprint density at radius 2 is 0.843 bits per heavy atom. The lowest BCUT2D eigenvalue weighted by Crippen LogP contribution is -2.10. The van der Waals surface area contributed by atoms with E-state index in [1.54, 1.807) is 0 Å². The van der Waals surface area contributed by atoms with Gasteiger partial charge in [0, 0.05) is 63.0 Å². The van der Waals surface area contributed by atoms with E-state index >= 15 is 0 Å². The zero-order valence-corrected chi connectivity index (χ0v) is 29.3. The Morgan fingerprint density at radius 1 is 0.294 bits per heavy atom. The number of fused-ring (bicyclic) bond motifs is 6. The van der Waals surface area contributed by atoms with Gasteiger partial charge in [0.15, 0.2) is 0 Å². The maximum atomic E-state index is 2.42. The Kier molecular flexibility index (Phi) is 7.26. The summed E-state index contributed by atoms with van der Waals surface area (Å²) >= 11 is 3.75. The minimum absolute atomic E-state index is 1.12. The minimum atomic E-state index is 1.12. The summed E-state index contributed by atoms with van der Waals surface area (Å²) in [5.41, 5.74) is 10.7. The van der Waals surface area contributed by atoms with Gasteiger partial charge in [0.1, 0.15) is 0 Å². The molecule has 0 N–H and O–H groups in total. The fourth-order valence-electron chi connectivity index (χ4n) is 7.46. The number of rotatable bonds is 6. The molecule has 0 spiro atoms. The van der Waals surface area contributed by atoms with Gasteiger partial charge in [0.25, 0.3) is 0 Å². The summed E-state index contributed by atoms with van der Waals surface area (Å²) in [6.45, 7) is 0. The van der Waals surface area contributed by atoms with Crippen LogP contribution >= 0.6 is 22.7 Å². The van der Waals surface area contributed by atoms with Gasteiger partial charge >= 0.3 is 0 Å². The lowest BCUT2D eigenvalue weighted by molar-refractivity contribution is 1.29. The van der Waals surface area contributed by atoms with E-state index in [0.717, 1.165) is 17.1 Å². The number of nitrogens with zero attached hydrogens (tertiary/aromatic N) is 1. The van der Waals surface area contributed by atoms with E-state index in [2.05, 4.69) is 193 Å². The first-order valence-electron chi connectivity index (χ1n) is 17.3. The summed E-state index contributed by atoms with van der Waals surface area (Å²) in [7, 11) is 0. The van der Waals surface area contributed by atoms with Gasteiger partial charge < -0.3 is 4.90 Å². The van der Waals surface area contributed by atoms with Gasteiger partial charge in [-0.3, -0.25) is 0 Å². The number of benzene rings is 8. The van der Waals surface area contributed by atoms with Crippen LogP contribution in [0, 0.1) is 0 Å². The molecule has 240 valence electrons. The molecule has 0 aliphatic rings. The first kappa shape index (κ1) is 29.9. The normalized spacial score (nSPS) is 11.5. The van der Waals surface area contributed by atoms with Gasteiger partial charge in [-0.2, -0.15) is 0 Å². The first-order valence-corrected chi connectivity index (χ1v) is 18.9. The highest BCUT2D eigenvalue weighted by atomic mass is 32.1. The molecule has 51 heavy (non-hydrogen) atoms. The van der Waals surface area contributed by atoms with Gasteiger partial charge in [-0.05, 0) is 76.3 Å². The van der Waals surface area contributed by atoms with Crippen molar-refractivity contribution >= 4 is 80.1 Å². The van der Waals surface area contributed by atoms with Crippen LogP contribution in [0.25, 0.3) is 73.7 Å². The molecular formula is C48H31NS2. The van der Waals surface area contributed by atoms with Gasteiger partial charge in [-0.15, -0.1) is 22.7 Å². The van der Waals surface area contributed by atoms with Crippen LogP contribution in [0.3, 0.4) is 0 Å². The molecule has 0 radical (unpaired) electrons. The minimum Gasteiger partial charge on any atom is -0.310 e. The van der Waals surface area contributed by atoms with E-state index in [0.29, 0.717) is 0 Å². The average Bonchev–Trinajstić information content (AvgIpc) is 3.77. The molecule has 3 heteroatoms. The maximum absolute atomic E-state index is 2.42. The van der Waals surface area contributed by atoms with Crippen molar-refractivity contribution in [1.82, 2.24) is 0 Å². The third-order valence-electron chi connectivity index (χ3n) is 9.89. The zero-order valence-electron chi connectivity index (χ0n) is 27.7. The van der Waals surface area contributed by atoms with Crippen LogP contribution in [-0.4, -0.2) is 0 Å². The lowest BCUT2D eigenvalue weighted by atomic mass is 9.92. The summed E-state index contributed by atoms with van der Waals surface area (Å²) in [5.74, 6) is 0. The Balaban J connectivity index is 1.20. The van der Waals surface area contributed by atoms with Crippen molar-refractivity contribution < 1.29 is 0 Å². The van der Waals surface area contributed by atoms with Gasteiger partial charge in [-0.25, -0.2) is 0 Å². The van der Waals surface area contributed by atoms with Crippen molar-refractivity contribution in [3.05, 3.63) is 188 Å². The smallest absolute Gasteiger partial charge is 0.0476 e. The summed E-state index contributed by atoms with van der Waals surface area (Å²) < 4.78 is 5.23. The monoisotopic (exact) mass is 685 g/mol. The molecule has 0 atom stereocenters. The fraction of sp³-hybridized carbons (Fsp3) is 0. The molecule has 0 unspecified atom stereocenters. The summed E-state index contributed by atoms with van der Waals surface area (Å²) in [4.78, 5) is 2.42. The number of thiophene rings is 2. The van der Waals surface area contributed by atoms with Gasteiger partial charge in [0.05, 0.1) is 0 Å². The van der Waals surface area contributed by atoms with Crippen molar-refractivity contribution in [3.63, 3.8) is 0 Å². The molecule has 0 fully saturated rings. The average molecular weight is 686 g/mol. The molecule has 0 aliphatic carbocycles. The number of hydrogen-bond donors (Lipinski definition) is 0. The molecule has 0 bridgehead atoms. The Labute approximate surface area is 304 Å². The van der Waals surface area contributed by atoms with Crippen LogP contribution in [0.1, 0.15) is 0 Å². The summed E-state index contributed by atoms with van der Waals surface area (Å²) in [5, 5.41) is 5.23. The van der Waals surface area contributed by atoms with Crippen LogP contribution in [0.4, 0.5) is 17.1 Å². The molecule has 10 aromatic rings. The Hall–Kier alpha value is -6.00.